The molecular weight excluding hydrogens is 404 g/mol. The zero-order chi connectivity index (χ0) is 22.7. The fourth-order valence-corrected chi connectivity index (χ4v) is 3.81. The summed E-state index contributed by atoms with van der Waals surface area (Å²) in [6.07, 6.45) is 3.24. The van der Waals surface area contributed by atoms with Gasteiger partial charge in [-0.05, 0) is 23.8 Å². The van der Waals surface area contributed by atoms with Crippen LogP contribution in [0.3, 0.4) is 0 Å². The molecule has 1 radical (unpaired) electrons. The first-order valence-corrected chi connectivity index (χ1v) is 11.0. The second-order valence-corrected chi connectivity index (χ2v) is 8.35. The number of nitrogens with one attached hydrogen (secondary N) is 1. The third-order valence-corrected chi connectivity index (χ3v) is 5.96. The number of hydrogen-bond donors (Lipinski definition) is 1. The van der Waals surface area contributed by atoms with Crippen LogP contribution < -0.4 is 5.32 Å². The average Bonchev–Trinajstić information content (AvgIpc) is 3.21. The Balaban J connectivity index is 3.07. The van der Waals surface area contributed by atoms with Crippen LogP contribution in [0.5, 0.6) is 0 Å². The Hall–Kier alpha value is -2.16. The van der Waals surface area contributed by atoms with E-state index in [2.05, 4.69) is 34.2 Å². The first-order chi connectivity index (χ1) is 14.3. The summed E-state index contributed by atoms with van der Waals surface area (Å²) in [5.74, 6) is -0.321. The largest absolute Gasteiger partial charge is 0.383 e. The summed E-state index contributed by atoms with van der Waals surface area (Å²) in [6.45, 7) is 8.78. The zero-order valence-electron chi connectivity index (χ0n) is 18.7. The molecule has 1 heterocycles. The number of aromatic nitrogens is 1. The number of carbonyl (C=O) groups is 2. The molecule has 167 valence electrons. The Kier molecular flexibility index (Phi) is 11.4. The SMILES string of the molecule is CC[C@H](C)[C@H](N=[N+]=[N-])C(=O)N(CCOC)[C@H](C[CH]c1nc(C(=O)NC)cs1)C(C)C. The highest BCUT2D eigenvalue weighted by atomic mass is 32.1. The Labute approximate surface area is 182 Å². The van der Waals surface area contributed by atoms with Crippen LogP contribution in [0.15, 0.2) is 10.5 Å². The summed E-state index contributed by atoms with van der Waals surface area (Å²) in [7, 11) is 3.16. The van der Waals surface area contributed by atoms with Gasteiger partial charge in [-0.15, -0.1) is 11.3 Å². The fraction of sp³-hybridized carbons (Fsp3) is 0.700. The van der Waals surface area contributed by atoms with Crippen molar-refractivity contribution in [1.29, 1.82) is 0 Å². The molecule has 0 saturated heterocycles. The molecule has 0 spiro atoms. The van der Waals surface area contributed by atoms with E-state index in [1.54, 1.807) is 24.4 Å². The lowest BCUT2D eigenvalue weighted by molar-refractivity contribution is -0.137. The van der Waals surface area contributed by atoms with Gasteiger partial charge < -0.3 is 15.0 Å². The summed E-state index contributed by atoms with van der Waals surface area (Å²) in [4.78, 5) is 34.1. The molecule has 0 aromatic carbocycles. The molecule has 0 fully saturated rings. The molecule has 0 aliphatic carbocycles. The number of thiazole rings is 1. The van der Waals surface area contributed by atoms with E-state index in [-0.39, 0.29) is 29.7 Å². The first kappa shape index (κ1) is 25.9. The lowest BCUT2D eigenvalue weighted by atomic mass is 9.93. The molecule has 1 N–H and O–H groups in total. The summed E-state index contributed by atoms with van der Waals surface area (Å²) in [5, 5.41) is 8.80. The van der Waals surface area contributed by atoms with E-state index in [9.17, 15) is 9.59 Å². The van der Waals surface area contributed by atoms with Crippen molar-refractivity contribution >= 4 is 23.2 Å². The number of hydrogen-bond acceptors (Lipinski definition) is 6. The fourth-order valence-electron chi connectivity index (χ4n) is 3.08. The van der Waals surface area contributed by atoms with Gasteiger partial charge in [0.05, 0.1) is 11.6 Å². The predicted molar refractivity (Wildman–Crippen MR) is 118 cm³/mol. The molecular formula is C20H33N6O3S. The average molecular weight is 438 g/mol. The second-order valence-electron chi connectivity index (χ2n) is 7.46. The highest BCUT2D eigenvalue weighted by Gasteiger charge is 2.33. The van der Waals surface area contributed by atoms with Crippen molar-refractivity contribution in [2.24, 2.45) is 17.0 Å². The van der Waals surface area contributed by atoms with Gasteiger partial charge in [0.2, 0.25) is 5.91 Å². The Bertz CT molecular complexity index is 732. The number of carbonyl (C=O) groups excluding carboxylic acids is 2. The summed E-state index contributed by atoms with van der Waals surface area (Å²) in [6, 6.07) is -0.877. The second kappa shape index (κ2) is 13.2. The molecule has 30 heavy (non-hydrogen) atoms. The van der Waals surface area contributed by atoms with Crippen molar-refractivity contribution in [2.75, 3.05) is 27.3 Å². The lowest BCUT2D eigenvalue weighted by Gasteiger charge is -2.37. The van der Waals surface area contributed by atoms with Gasteiger partial charge in [-0.25, -0.2) is 4.98 Å². The van der Waals surface area contributed by atoms with E-state index < -0.39 is 6.04 Å². The van der Waals surface area contributed by atoms with E-state index in [0.29, 0.717) is 25.3 Å². The normalized spacial score (nSPS) is 14.0. The van der Waals surface area contributed by atoms with Crippen LogP contribution in [0.25, 0.3) is 10.4 Å². The molecule has 0 aliphatic heterocycles. The van der Waals surface area contributed by atoms with Gasteiger partial charge in [-0.2, -0.15) is 0 Å². The Morgan fingerprint density at radius 1 is 1.43 bits per heavy atom. The third kappa shape index (κ3) is 7.27. The molecule has 10 heteroatoms. The maximum atomic E-state index is 13.4. The molecule has 1 rings (SSSR count). The highest BCUT2D eigenvalue weighted by Crippen LogP contribution is 2.24. The first-order valence-electron chi connectivity index (χ1n) is 10.1. The van der Waals surface area contributed by atoms with Crippen LogP contribution in [0.1, 0.15) is 56.0 Å². The zero-order valence-corrected chi connectivity index (χ0v) is 19.5. The van der Waals surface area contributed by atoms with Crippen molar-refractivity contribution in [1.82, 2.24) is 15.2 Å². The van der Waals surface area contributed by atoms with Gasteiger partial charge in [-0.3, -0.25) is 9.59 Å². The number of methoxy groups -OCH3 is 1. The Morgan fingerprint density at radius 2 is 2.13 bits per heavy atom. The van der Waals surface area contributed by atoms with E-state index in [1.165, 1.54) is 11.3 Å². The number of amides is 2. The molecule has 0 unspecified atom stereocenters. The monoisotopic (exact) mass is 437 g/mol. The molecule has 0 saturated carbocycles. The van der Waals surface area contributed by atoms with E-state index in [4.69, 9.17) is 10.3 Å². The summed E-state index contributed by atoms with van der Waals surface area (Å²) in [5.41, 5.74) is 9.35. The minimum atomic E-state index is -0.752. The number of rotatable bonds is 13. The van der Waals surface area contributed by atoms with Gasteiger partial charge in [0, 0.05) is 43.5 Å². The van der Waals surface area contributed by atoms with Gasteiger partial charge in [0.15, 0.2) is 0 Å². The van der Waals surface area contributed by atoms with Gasteiger partial charge in [0.25, 0.3) is 5.91 Å². The third-order valence-electron chi connectivity index (χ3n) is 5.12. The van der Waals surface area contributed by atoms with Crippen LogP contribution in [0.2, 0.25) is 0 Å². The van der Waals surface area contributed by atoms with Crippen molar-refractivity contribution in [3.8, 4) is 0 Å². The van der Waals surface area contributed by atoms with Crippen molar-refractivity contribution in [3.63, 3.8) is 0 Å². The van der Waals surface area contributed by atoms with E-state index >= 15 is 0 Å². The quantitative estimate of drug-likeness (QED) is 0.287. The topological polar surface area (TPSA) is 120 Å². The summed E-state index contributed by atoms with van der Waals surface area (Å²) < 4.78 is 5.22. The Morgan fingerprint density at radius 3 is 2.67 bits per heavy atom. The minimum Gasteiger partial charge on any atom is -0.383 e. The number of azide groups is 1. The molecule has 1 aromatic rings. The van der Waals surface area contributed by atoms with Crippen LogP contribution in [0, 0.1) is 18.3 Å². The number of ether oxygens (including phenoxy) is 1. The lowest BCUT2D eigenvalue weighted by Crippen LogP contribution is -2.50. The molecule has 3 atom stereocenters. The van der Waals surface area contributed by atoms with Crippen LogP contribution in [0.4, 0.5) is 0 Å². The highest BCUT2D eigenvalue weighted by molar-refractivity contribution is 7.10. The van der Waals surface area contributed by atoms with Crippen LogP contribution >= 0.6 is 11.3 Å². The van der Waals surface area contributed by atoms with E-state index in [1.807, 2.05) is 20.3 Å². The van der Waals surface area contributed by atoms with Crippen LogP contribution in [-0.2, 0) is 9.53 Å². The van der Waals surface area contributed by atoms with Gasteiger partial charge in [0.1, 0.15) is 11.7 Å². The van der Waals surface area contributed by atoms with Gasteiger partial charge >= 0.3 is 0 Å². The molecule has 9 nitrogen and oxygen atoms in total. The van der Waals surface area contributed by atoms with Gasteiger partial charge in [-0.1, -0.05) is 39.2 Å². The molecule has 0 bridgehead atoms. The van der Waals surface area contributed by atoms with Crippen molar-refractivity contribution in [3.05, 3.63) is 32.9 Å². The number of nitrogens with zero attached hydrogens (tertiary/aromatic N) is 5. The van der Waals surface area contributed by atoms with E-state index in [0.717, 1.165) is 11.4 Å². The maximum Gasteiger partial charge on any atom is 0.270 e. The molecule has 0 aliphatic rings. The maximum absolute atomic E-state index is 13.4. The van der Waals surface area contributed by atoms with Crippen molar-refractivity contribution < 1.29 is 14.3 Å². The summed E-state index contributed by atoms with van der Waals surface area (Å²) >= 11 is 1.39. The van der Waals surface area contributed by atoms with Crippen LogP contribution in [-0.4, -0.2) is 61.1 Å². The minimum absolute atomic E-state index is 0.0655. The van der Waals surface area contributed by atoms with Crippen molar-refractivity contribution in [2.45, 2.75) is 52.6 Å². The standard InChI is InChI=1S/C20H33N6O3S/c1-7-14(4)18(24-25-21)20(28)26(10-11-29-6)16(13(2)3)8-9-17-23-15(12-30-17)19(27)22-5/h9,12-14,16,18H,7-8,10-11H2,1-6H3,(H,22,27)/t14-,16+,18-/m0/s1. The molecule has 2 amide bonds. The predicted octanol–water partition coefficient (Wildman–Crippen LogP) is 3.67. The smallest absolute Gasteiger partial charge is 0.270 e. The molecule has 1 aromatic heterocycles.